The molecular formula is C9H13F3N4. The molecule has 2 heterocycles. The average Bonchev–Trinajstić information content (AvgIpc) is 2.62. The summed E-state index contributed by atoms with van der Waals surface area (Å²) in [5.41, 5.74) is 0. The zero-order valence-electron chi connectivity index (χ0n) is 8.88. The topological polar surface area (TPSA) is 42.7 Å². The third kappa shape index (κ3) is 1.91. The van der Waals surface area contributed by atoms with Crippen molar-refractivity contribution >= 4 is 0 Å². The molecule has 1 aliphatic heterocycles. The van der Waals surface area contributed by atoms with Crippen molar-refractivity contribution in [3.63, 3.8) is 0 Å². The van der Waals surface area contributed by atoms with Gasteiger partial charge in [-0.3, -0.25) is 0 Å². The summed E-state index contributed by atoms with van der Waals surface area (Å²) >= 11 is 0. The van der Waals surface area contributed by atoms with Gasteiger partial charge in [0.05, 0.1) is 0 Å². The molecule has 0 bridgehead atoms. The summed E-state index contributed by atoms with van der Waals surface area (Å²) in [6, 6.07) is 0. The first kappa shape index (κ1) is 11.4. The van der Waals surface area contributed by atoms with Gasteiger partial charge in [-0.25, -0.2) is 0 Å². The smallest absolute Gasteiger partial charge is 0.319 e. The molecule has 1 N–H and O–H groups in total. The second-order valence-electron chi connectivity index (χ2n) is 3.93. The Balaban J connectivity index is 2.35. The molecule has 0 radical (unpaired) electrons. The van der Waals surface area contributed by atoms with E-state index >= 15 is 0 Å². The quantitative estimate of drug-likeness (QED) is 0.841. The van der Waals surface area contributed by atoms with Crippen molar-refractivity contribution in [2.24, 2.45) is 0 Å². The summed E-state index contributed by atoms with van der Waals surface area (Å²) in [6.45, 7) is 0.993. The van der Waals surface area contributed by atoms with Gasteiger partial charge in [0.25, 0.3) is 0 Å². The fourth-order valence-electron chi connectivity index (χ4n) is 2.11. The van der Waals surface area contributed by atoms with E-state index in [1.165, 1.54) is 4.57 Å². The van der Waals surface area contributed by atoms with Gasteiger partial charge >= 0.3 is 6.18 Å². The number of halogens is 3. The minimum atomic E-state index is -4.41. The molecule has 1 aliphatic rings. The van der Waals surface area contributed by atoms with Gasteiger partial charge in [-0.05, 0) is 19.9 Å². The molecule has 0 amide bonds. The lowest BCUT2D eigenvalue weighted by Gasteiger charge is -2.23. The molecule has 4 nitrogen and oxygen atoms in total. The molecule has 1 atom stereocenters. The van der Waals surface area contributed by atoms with E-state index in [0.29, 0.717) is 18.9 Å². The summed E-state index contributed by atoms with van der Waals surface area (Å²) < 4.78 is 38.9. The van der Waals surface area contributed by atoms with Gasteiger partial charge in [0.2, 0.25) is 5.82 Å². The van der Waals surface area contributed by atoms with Crippen molar-refractivity contribution in [2.75, 3.05) is 13.6 Å². The fourth-order valence-corrected chi connectivity index (χ4v) is 2.11. The molecular weight excluding hydrogens is 221 g/mol. The van der Waals surface area contributed by atoms with Gasteiger partial charge in [0.1, 0.15) is 5.82 Å². The number of rotatable bonds is 2. The summed E-state index contributed by atoms with van der Waals surface area (Å²) in [6.07, 6.45) is -2.82. The van der Waals surface area contributed by atoms with E-state index in [2.05, 4.69) is 15.5 Å². The Morgan fingerprint density at radius 3 is 2.81 bits per heavy atom. The summed E-state index contributed by atoms with van der Waals surface area (Å²) in [4.78, 5) is 0. The zero-order chi connectivity index (χ0) is 11.8. The second-order valence-corrected chi connectivity index (χ2v) is 3.93. The van der Waals surface area contributed by atoms with Crippen LogP contribution in [0.15, 0.2) is 0 Å². The lowest BCUT2D eigenvalue weighted by atomic mass is 9.99. The van der Waals surface area contributed by atoms with Crippen LogP contribution < -0.4 is 5.32 Å². The van der Waals surface area contributed by atoms with E-state index in [0.717, 1.165) is 12.8 Å². The molecule has 1 aromatic rings. The molecule has 90 valence electrons. The Bertz CT molecular complexity index is 371. The molecule has 16 heavy (non-hydrogen) atoms. The molecule has 1 aromatic heterocycles. The third-order valence-corrected chi connectivity index (χ3v) is 2.78. The average molecular weight is 234 g/mol. The van der Waals surface area contributed by atoms with Crippen LogP contribution in [0.1, 0.15) is 30.4 Å². The lowest BCUT2D eigenvalue weighted by Crippen LogP contribution is -2.26. The third-order valence-electron chi connectivity index (χ3n) is 2.78. The fraction of sp³-hybridized carbons (Fsp3) is 0.778. The SMILES string of the molecule is CNCC1CCCn2c1nnc2C(F)(F)F. The maximum absolute atomic E-state index is 12.6. The van der Waals surface area contributed by atoms with Gasteiger partial charge in [0.15, 0.2) is 0 Å². The van der Waals surface area contributed by atoms with Crippen LogP contribution >= 0.6 is 0 Å². The molecule has 0 saturated carbocycles. The van der Waals surface area contributed by atoms with Crippen LogP contribution in [0.5, 0.6) is 0 Å². The Morgan fingerprint density at radius 2 is 2.19 bits per heavy atom. The largest absolute Gasteiger partial charge is 0.451 e. The van der Waals surface area contributed by atoms with Crippen LogP contribution in [-0.4, -0.2) is 28.4 Å². The van der Waals surface area contributed by atoms with Gasteiger partial charge < -0.3 is 9.88 Å². The molecule has 2 rings (SSSR count). The van der Waals surface area contributed by atoms with Crippen LogP contribution in [0, 0.1) is 0 Å². The highest BCUT2D eigenvalue weighted by atomic mass is 19.4. The second kappa shape index (κ2) is 4.04. The molecule has 0 fully saturated rings. The van der Waals surface area contributed by atoms with Crippen LogP contribution in [-0.2, 0) is 12.7 Å². The standard InChI is InChI=1S/C9H13F3N4/c1-13-5-6-3-2-4-16-7(6)14-15-8(16)9(10,11)12/h6,13H,2-5H2,1H3. The van der Waals surface area contributed by atoms with E-state index in [9.17, 15) is 13.2 Å². The molecule has 1 unspecified atom stereocenters. The molecule has 0 saturated heterocycles. The van der Waals surface area contributed by atoms with E-state index in [1.807, 2.05) is 0 Å². The molecule has 0 aliphatic carbocycles. The van der Waals surface area contributed by atoms with Crippen molar-refractivity contribution in [1.82, 2.24) is 20.1 Å². The van der Waals surface area contributed by atoms with Crippen molar-refractivity contribution in [2.45, 2.75) is 31.5 Å². The first-order chi connectivity index (χ1) is 7.54. The Labute approximate surface area is 90.9 Å². The van der Waals surface area contributed by atoms with Crippen molar-refractivity contribution in [1.29, 1.82) is 0 Å². The number of aromatic nitrogens is 3. The molecule has 0 aromatic carbocycles. The normalized spacial score (nSPS) is 20.9. The number of hydrogen-bond acceptors (Lipinski definition) is 3. The van der Waals surface area contributed by atoms with E-state index < -0.39 is 12.0 Å². The maximum Gasteiger partial charge on any atom is 0.451 e. The Hall–Kier alpha value is -1.11. The highest BCUT2D eigenvalue weighted by Crippen LogP contribution is 2.33. The van der Waals surface area contributed by atoms with Crippen molar-refractivity contribution < 1.29 is 13.2 Å². The highest BCUT2D eigenvalue weighted by molar-refractivity contribution is 5.07. The van der Waals surface area contributed by atoms with Crippen LogP contribution in [0.3, 0.4) is 0 Å². The number of fused-ring (bicyclic) bond motifs is 1. The minimum absolute atomic E-state index is 0.0300. The van der Waals surface area contributed by atoms with Gasteiger partial charge in [-0.2, -0.15) is 13.2 Å². The minimum Gasteiger partial charge on any atom is -0.319 e. The Morgan fingerprint density at radius 1 is 1.44 bits per heavy atom. The number of nitrogens with zero attached hydrogens (tertiary/aromatic N) is 3. The highest BCUT2D eigenvalue weighted by Gasteiger charge is 2.40. The van der Waals surface area contributed by atoms with Gasteiger partial charge in [-0.15, -0.1) is 10.2 Å². The van der Waals surface area contributed by atoms with E-state index in [4.69, 9.17) is 0 Å². The lowest BCUT2D eigenvalue weighted by molar-refractivity contribution is -0.147. The number of nitrogens with one attached hydrogen (secondary N) is 1. The summed E-state index contributed by atoms with van der Waals surface area (Å²) in [5, 5.41) is 9.90. The summed E-state index contributed by atoms with van der Waals surface area (Å²) in [5.74, 6) is -0.390. The van der Waals surface area contributed by atoms with Crippen LogP contribution in [0.4, 0.5) is 13.2 Å². The predicted octanol–water partition coefficient (Wildman–Crippen LogP) is 1.39. The first-order valence-electron chi connectivity index (χ1n) is 5.19. The van der Waals surface area contributed by atoms with E-state index in [-0.39, 0.29) is 5.92 Å². The van der Waals surface area contributed by atoms with Crippen LogP contribution in [0.25, 0.3) is 0 Å². The number of alkyl halides is 3. The molecule has 0 spiro atoms. The monoisotopic (exact) mass is 234 g/mol. The van der Waals surface area contributed by atoms with Crippen molar-refractivity contribution in [3.8, 4) is 0 Å². The number of hydrogen-bond donors (Lipinski definition) is 1. The van der Waals surface area contributed by atoms with E-state index in [1.54, 1.807) is 7.05 Å². The molecule has 7 heteroatoms. The predicted molar refractivity (Wildman–Crippen MR) is 50.9 cm³/mol. The zero-order valence-corrected chi connectivity index (χ0v) is 8.88. The Kier molecular flexibility index (Phi) is 2.88. The first-order valence-corrected chi connectivity index (χ1v) is 5.19. The van der Waals surface area contributed by atoms with Crippen molar-refractivity contribution in [3.05, 3.63) is 11.6 Å². The van der Waals surface area contributed by atoms with Crippen LogP contribution in [0.2, 0.25) is 0 Å². The maximum atomic E-state index is 12.6. The van der Waals surface area contributed by atoms with Gasteiger partial charge in [0, 0.05) is 19.0 Å². The van der Waals surface area contributed by atoms with Gasteiger partial charge in [-0.1, -0.05) is 0 Å². The number of likely N-dealkylation sites (N-methyl/N-ethyl adjacent to an activating group) is 1. The summed E-state index contributed by atoms with van der Waals surface area (Å²) in [7, 11) is 1.78.